The van der Waals surface area contributed by atoms with Crippen LogP contribution in [0.3, 0.4) is 0 Å². The number of rotatable bonds is 8. The average Bonchev–Trinajstić information content (AvgIpc) is 2.39. The molecule has 1 heterocycles. The van der Waals surface area contributed by atoms with E-state index in [1.165, 1.54) is 0 Å². The highest BCUT2D eigenvalue weighted by molar-refractivity contribution is 5.88. The number of amides is 2. The predicted molar refractivity (Wildman–Crippen MR) is 71.6 cm³/mol. The minimum absolute atomic E-state index is 0.234. The Hall–Kier alpha value is -1.62. The van der Waals surface area contributed by atoms with Crippen LogP contribution in [0.25, 0.3) is 0 Å². The van der Waals surface area contributed by atoms with E-state index in [9.17, 15) is 4.79 Å². The molecule has 18 heavy (non-hydrogen) atoms. The van der Waals surface area contributed by atoms with Gasteiger partial charge in [-0.1, -0.05) is 19.4 Å². The maximum absolute atomic E-state index is 11.4. The minimum atomic E-state index is -0.234. The number of hydrogen-bond acceptors (Lipinski definition) is 3. The van der Waals surface area contributed by atoms with Crippen molar-refractivity contribution in [2.45, 2.75) is 26.2 Å². The van der Waals surface area contributed by atoms with Gasteiger partial charge in [-0.25, -0.2) is 9.78 Å². The number of hydrogen-bond donors (Lipinski definition) is 2. The third-order valence-corrected chi connectivity index (χ3v) is 2.30. The van der Waals surface area contributed by atoms with Crippen LogP contribution in [-0.2, 0) is 4.74 Å². The first-order chi connectivity index (χ1) is 8.83. The third kappa shape index (κ3) is 6.85. The highest BCUT2D eigenvalue weighted by atomic mass is 16.5. The van der Waals surface area contributed by atoms with E-state index in [4.69, 9.17) is 4.74 Å². The van der Waals surface area contributed by atoms with Crippen LogP contribution in [0.5, 0.6) is 0 Å². The van der Waals surface area contributed by atoms with E-state index in [0.29, 0.717) is 19.0 Å². The van der Waals surface area contributed by atoms with Crippen LogP contribution in [0.15, 0.2) is 24.4 Å². The van der Waals surface area contributed by atoms with E-state index < -0.39 is 0 Å². The van der Waals surface area contributed by atoms with E-state index in [0.717, 1.165) is 25.9 Å². The summed E-state index contributed by atoms with van der Waals surface area (Å²) in [5.74, 6) is 0.550. The van der Waals surface area contributed by atoms with E-state index in [1.807, 2.05) is 6.07 Å². The van der Waals surface area contributed by atoms with Gasteiger partial charge in [-0.05, 0) is 25.0 Å². The molecule has 0 aromatic carbocycles. The molecule has 1 aromatic rings. The number of carbonyl (C=O) groups is 1. The first-order valence-electron chi connectivity index (χ1n) is 6.36. The number of ether oxygens (including phenoxy) is 1. The summed E-state index contributed by atoms with van der Waals surface area (Å²) in [7, 11) is 0. The molecule has 5 nitrogen and oxygen atoms in total. The molecule has 2 N–H and O–H groups in total. The average molecular weight is 251 g/mol. The summed E-state index contributed by atoms with van der Waals surface area (Å²) in [5.41, 5.74) is 0. The monoisotopic (exact) mass is 251 g/mol. The van der Waals surface area contributed by atoms with Gasteiger partial charge in [0.15, 0.2) is 0 Å². The quantitative estimate of drug-likeness (QED) is 0.697. The van der Waals surface area contributed by atoms with E-state index >= 15 is 0 Å². The van der Waals surface area contributed by atoms with Crippen molar-refractivity contribution in [1.29, 1.82) is 0 Å². The van der Waals surface area contributed by atoms with Gasteiger partial charge in [0, 0.05) is 26.0 Å². The van der Waals surface area contributed by atoms with Crippen LogP contribution in [0.4, 0.5) is 10.6 Å². The molecule has 0 atom stereocenters. The Kier molecular flexibility index (Phi) is 7.55. The summed E-state index contributed by atoms with van der Waals surface area (Å²) in [6.07, 6.45) is 4.69. The van der Waals surface area contributed by atoms with Gasteiger partial charge < -0.3 is 10.1 Å². The summed E-state index contributed by atoms with van der Waals surface area (Å²) in [6, 6.07) is 5.14. The molecule has 2 amide bonds. The molecular formula is C13H21N3O2. The molecule has 0 aliphatic heterocycles. The maximum atomic E-state index is 11.4. The van der Waals surface area contributed by atoms with Crippen molar-refractivity contribution in [3.8, 4) is 0 Å². The van der Waals surface area contributed by atoms with Crippen LogP contribution < -0.4 is 10.6 Å². The zero-order valence-electron chi connectivity index (χ0n) is 10.8. The van der Waals surface area contributed by atoms with Crippen LogP contribution in [0, 0.1) is 0 Å². The molecule has 0 radical (unpaired) electrons. The van der Waals surface area contributed by atoms with Crippen molar-refractivity contribution in [3.05, 3.63) is 24.4 Å². The maximum Gasteiger partial charge on any atom is 0.320 e. The zero-order chi connectivity index (χ0) is 13.1. The van der Waals surface area contributed by atoms with Gasteiger partial charge in [0.2, 0.25) is 0 Å². The van der Waals surface area contributed by atoms with E-state index in [2.05, 4.69) is 22.5 Å². The molecule has 0 aliphatic carbocycles. The Morgan fingerprint density at radius 1 is 1.33 bits per heavy atom. The molecular weight excluding hydrogens is 230 g/mol. The lowest BCUT2D eigenvalue weighted by Gasteiger charge is -2.07. The number of nitrogens with zero attached hydrogens (tertiary/aromatic N) is 1. The van der Waals surface area contributed by atoms with Crippen LogP contribution >= 0.6 is 0 Å². The lowest BCUT2D eigenvalue weighted by molar-refractivity contribution is 0.129. The molecule has 0 fully saturated rings. The predicted octanol–water partition coefficient (Wildman–Crippen LogP) is 2.41. The van der Waals surface area contributed by atoms with Crippen molar-refractivity contribution >= 4 is 11.8 Å². The number of pyridine rings is 1. The number of aromatic nitrogens is 1. The zero-order valence-corrected chi connectivity index (χ0v) is 10.8. The Labute approximate surface area is 108 Å². The summed E-state index contributed by atoms with van der Waals surface area (Å²) < 4.78 is 5.39. The molecule has 0 saturated carbocycles. The van der Waals surface area contributed by atoms with Gasteiger partial charge in [-0.2, -0.15) is 0 Å². The lowest BCUT2D eigenvalue weighted by atomic mass is 10.4. The first kappa shape index (κ1) is 14.4. The molecule has 0 aliphatic rings. The molecule has 0 bridgehead atoms. The first-order valence-corrected chi connectivity index (χ1v) is 6.36. The van der Waals surface area contributed by atoms with Crippen LogP contribution in [-0.4, -0.2) is 30.8 Å². The van der Waals surface area contributed by atoms with Gasteiger partial charge in [-0.15, -0.1) is 0 Å². The fourth-order valence-electron chi connectivity index (χ4n) is 1.32. The van der Waals surface area contributed by atoms with Crippen LogP contribution in [0.1, 0.15) is 26.2 Å². The number of urea groups is 1. The van der Waals surface area contributed by atoms with Gasteiger partial charge in [0.25, 0.3) is 0 Å². The number of unbranched alkanes of at least 4 members (excludes halogenated alkanes) is 1. The van der Waals surface area contributed by atoms with Gasteiger partial charge >= 0.3 is 6.03 Å². The number of carbonyl (C=O) groups excluding carboxylic acids is 1. The normalized spacial score (nSPS) is 10.1. The van der Waals surface area contributed by atoms with Crippen LogP contribution in [0.2, 0.25) is 0 Å². The second-order valence-electron chi connectivity index (χ2n) is 3.92. The topological polar surface area (TPSA) is 63.2 Å². The standard InChI is InChI=1S/C13H21N3O2/c1-2-3-10-18-11-6-9-15-13(17)16-12-7-4-5-8-14-12/h4-5,7-8H,2-3,6,9-11H2,1H3,(H2,14,15,16,17). The summed E-state index contributed by atoms with van der Waals surface area (Å²) in [5, 5.41) is 5.40. The minimum Gasteiger partial charge on any atom is -0.381 e. The number of anilines is 1. The Bertz CT molecular complexity index is 330. The third-order valence-electron chi connectivity index (χ3n) is 2.30. The summed E-state index contributed by atoms with van der Waals surface area (Å²) in [6.45, 7) is 4.22. The Morgan fingerprint density at radius 3 is 2.89 bits per heavy atom. The fraction of sp³-hybridized carbons (Fsp3) is 0.538. The van der Waals surface area contributed by atoms with Gasteiger partial charge in [-0.3, -0.25) is 5.32 Å². The van der Waals surface area contributed by atoms with Gasteiger partial charge in [0.1, 0.15) is 5.82 Å². The second kappa shape index (κ2) is 9.41. The lowest BCUT2D eigenvalue weighted by Crippen LogP contribution is -2.30. The molecule has 0 unspecified atom stereocenters. The summed E-state index contributed by atoms with van der Waals surface area (Å²) >= 11 is 0. The molecule has 0 saturated heterocycles. The molecule has 100 valence electrons. The fourth-order valence-corrected chi connectivity index (χ4v) is 1.32. The summed E-state index contributed by atoms with van der Waals surface area (Å²) in [4.78, 5) is 15.4. The molecule has 1 aromatic heterocycles. The Morgan fingerprint density at radius 2 is 2.17 bits per heavy atom. The highest BCUT2D eigenvalue weighted by Gasteiger charge is 2.00. The SMILES string of the molecule is CCCCOCCCNC(=O)Nc1ccccn1. The molecule has 1 rings (SSSR count). The molecule has 5 heteroatoms. The largest absolute Gasteiger partial charge is 0.381 e. The van der Waals surface area contributed by atoms with Crippen molar-refractivity contribution < 1.29 is 9.53 Å². The molecule has 0 spiro atoms. The number of nitrogens with one attached hydrogen (secondary N) is 2. The van der Waals surface area contributed by atoms with E-state index in [-0.39, 0.29) is 6.03 Å². The smallest absolute Gasteiger partial charge is 0.320 e. The van der Waals surface area contributed by atoms with Crippen molar-refractivity contribution in [1.82, 2.24) is 10.3 Å². The second-order valence-corrected chi connectivity index (χ2v) is 3.92. The van der Waals surface area contributed by atoms with Crippen molar-refractivity contribution in [3.63, 3.8) is 0 Å². The van der Waals surface area contributed by atoms with Crippen molar-refractivity contribution in [2.75, 3.05) is 25.1 Å². The Balaban J connectivity index is 2.00. The highest BCUT2D eigenvalue weighted by Crippen LogP contribution is 1.98. The van der Waals surface area contributed by atoms with Gasteiger partial charge in [0.05, 0.1) is 0 Å². The van der Waals surface area contributed by atoms with E-state index in [1.54, 1.807) is 18.3 Å². The van der Waals surface area contributed by atoms with Crippen molar-refractivity contribution in [2.24, 2.45) is 0 Å².